The molecule has 1 atom stereocenters. The molecule has 0 radical (unpaired) electrons. The standard InChI is InChI=1S/C26H31FN2O4/c1-15(2)18-14-19(16(3)13-21(18)33-6)24(30)22-23(17-9-7-8-10-20(17)27)29(12-11-28(4)5)26(32)25(22)31/h7-10,13-15,23,30H,11-12H2,1-6H3/b24-22+. The van der Waals surface area contributed by atoms with Crippen molar-refractivity contribution < 1.29 is 23.8 Å². The largest absolute Gasteiger partial charge is 0.507 e. The number of methoxy groups -OCH3 is 1. The summed E-state index contributed by atoms with van der Waals surface area (Å²) >= 11 is 0. The lowest BCUT2D eigenvalue weighted by Gasteiger charge is -2.27. The van der Waals surface area contributed by atoms with Gasteiger partial charge in [0.25, 0.3) is 11.7 Å². The number of carbonyl (C=O) groups excluding carboxylic acids is 2. The molecule has 0 aliphatic carbocycles. The number of Topliss-reactive ketones (excluding diaryl/α,β-unsaturated/α-hetero) is 1. The molecule has 1 fully saturated rings. The van der Waals surface area contributed by atoms with Crippen molar-refractivity contribution in [1.29, 1.82) is 0 Å². The second-order valence-electron chi connectivity index (χ2n) is 8.88. The van der Waals surface area contributed by atoms with Gasteiger partial charge in [0, 0.05) is 24.2 Å². The van der Waals surface area contributed by atoms with Crippen molar-refractivity contribution in [3.8, 4) is 5.75 Å². The normalized spacial score (nSPS) is 18.0. The second-order valence-corrected chi connectivity index (χ2v) is 8.88. The number of likely N-dealkylation sites (tertiary alicyclic amines) is 1. The lowest BCUT2D eigenvalue weighted by Crippen LogP contribution is -2.35. The quantitative estimate of drug-likeness (QED) is 0.385. The molecule has 1 amide bonds. The topological polar surface area (TPSA) is 70.1 Å². The molecular formula is C26H31FN2O4. The Morgan fingerprint density at radius 1 is 1.21 bits per heavy atom. The van der Waals surface area contributed by atoms with Crippen LogP contribution in [0, 0.1) is 12.7 Å². The Labute approximate surface area is 194 Å². The van der Waals surface area contributed by atoms with Gasteiger partial charge in [0.2, 0.25) is 0 Å². The summed E-state index contributed by atoms with van der Waals surface area (Å²) in [6.45, 7) is 6.48. The molecule has 6 nitrogen and oxygen atoms in total. The minimum Gasteiger partial charge on any atom is -0.507 e. The van der Waals surface area contributed by atoms with E-state index in [1.807, 2.05) is 32.8 Å². The number of hydrogen-bond donors (Lipinski definition) is 1. The number of nitrogens with zero attached hydrogens (tertiary/aromatic N) is 2. The highest BCUT2D eigenvalue weighted by molar-refractivity contribution is 6.46. The first-order chi connectivity index (χ1) is 15.6. The fourth-order valence-electron chi connectivity index (χ4n) is 4.16. The van der Waals surface area contributed by atoms with E-state index in [9.17, 15) is 19.1 Å². The smallest absolute Gasteiger partial charge is 0.295 e. The molecule has 1 heterocycles. The molecule has 0 spiro atoms. The minimum atomic E-state index is -1.02. The Morgan fingerprint density at radius 3 is 2.45 bits per heavy atom. The van der Waals surface area contributed by atoms with Gasteiger partial charge in [0.1, 0.15) is 17.3 Å². The van der Waals surface area contributed by atoms with E-state index in [4.69, 9.17) is 4.74 Å². The highest BCUT2D eigenvalue weighted by atomic mass is 19.1. The first-order valence-corrected chi connectivity index (χ1v) is 10.9. The molecule has 2 aromatic rings. The number of amides is 1. The van der Waals surface area contributed by atoms with E-state index in [0.29, 0.717) is 23.4 Å². The van der Waals surface area contributed by atoms with E-state index in [-0.39, 0.29) is 29.4 Å². The Balaban J connectivity index is 2.26. The summed E-state index contributed by atoms with van der Waals surface area (Å²) in [7, 11) is 5.28. The molecule has 2 aromatic carbocycles. The van der Waals surface area contributed by atoms with Crippen LogP contribution < -0.4 is 4.74 Å². The molecule has 0 bridgehead atoms. The van der Waals surface area contributed by atoms with Crippen LogP contribution in [0.4, 0.5) is 4.39 Å². The third-order valence-electron chi connectivity index (χ3n) is 5.98. The number of rotatable bonds is 7. The maximum atomic E-state index is 14.9. The van der Waals surface area contributed by atoms with Gasteiger partial charge in [-0.15, -0.1) is 0 Å². The summed E-state index contributed by atoms with van der Waals surface area (Å²) in [4.78, 5) is 29.4. The monoisotopic (exact) mass is 454 g/mol. The molecule has 33 heavy (non-hydrogen) atoms. The fourth-order valence-corrected chi connectivity index (χ4v) is 4.16. The van der Waals surface area contributed by atoms with E-state index in [1.165, 1.54) is 11.0 Å². The molecule has 1 aliphatic heterocycles. The number of ketones is 1. The van der Waals surface area contributed by atoms with Crippen molar-refractivity contribution in [3.63, 3.8) is 0 Å². The van der Waals surface area contributed by atoms with Gasteiger partial charge >= 0.3 is 0 Å². The summed E-state index contributed by atoms with van der Waals surface area (Å²) in [5.41, 5.74) is 2.03. The molecule has 3 rings (SSSR count). The van der Waals surface area contributed by atoms with Crippen LogP contribution in [0.1, 0.15) is 48.1 Å². The minimum absolute atomic E-state index is 0.0944. The van der Waals surface area contributed by atoms with Gasteiger partial charge in [-0.25, -0.2) is 4.39 Å². The van der Waals surface area contributed by atoms with Crippen molar-refractivity contribution in [1.82, 2.24) is 9.80 Å². The molecule has 176 valence electrons. The highest BCUT2D eigenvalue weighted by Crippen LogP contribution is 2.41. The summed E-state index contributed by atoms with van der Waals surface area (Å²) < 4.78 is 20.4. The number of hydrogen-bond acceptors (Lipinski definition) is 5. The average Bonchev–Trinajstić information content (AvgIpc) is 3.01. The maximum Gasteiger partial charge on any atom is 0.295 e. The van der Waals surface area contributed by atoms with Crippen LogP contribution in [0.25, 0.3) is 5.76 Å². The van der Waals surface area contributed by atoms with Gasteiger partial charge in [-0.05, 0) is 56.3 Å². The van der Waals surface area contributed by atoms with E-state index >= 15 is 0 Å². The number of benzene rings is 2. The third kappa shape index (κ3) is 4.64. The molecule has 1 unspecified atom stereocenters. The predicted molar refractivity (Wildman–Crippen MR) is 126 cm³/mol. The van der Waals surface area contributed by atoms with Crippen LogP contribution in [-0.4, -0.2) is 60.9 Å². The van der Waals surface area contributed by atoms with Gasteiger partial charge in [-0.3, -0.25) is 9.59 Å². The number of aliphatic hydroxyl groups excluding tert-OH is 1. The summed E-state index contributed by atoms with van der Waals surface area (Å²) in [5, 5.41) is 11.4. The number of likely N-dealkylation sites (N-methyl/N-ethyl adjacent to an activating group) is 1. The van der Waals surface area contributed by atoms with Gasteiger partial charge < -0.3 is 19.6 Å². The first kappa shape index (κ1) is 24.5. The Kier molecular flexibility index (Phi) is 7.22. The molecule has 1 N–H and O–H groups in total. The zero-order valence-corrected chi connectivity index (χ0v) is 20.0. The van der Waals surface area contributed by atoms with Crippen molar-refractivity contribution in [3.05, 3.63) is 70.0 Å². The summed E-state index contributed by atoms with van der Waals surface area (Å²) in [6.07, 6.45) is 0. The second kappa shape index (κ2) is 9.75. The fraction of sp³-hybridized carbons (Fsp3) is 0.385. The van der Waals surface area contributed by atoms with E-state index in [1.54, 1.807) is 44.4 Å². The lowest BCUT2D eigenvalue weighted by atomic mass is 9.91. The average molecular weight is 455 g/mol. The Morgan fingerprint density at radius 2 is 1.88 bits per heavy atom. The number of aryl methyl sites for hydroxylation is 1. The Hall–Kier alpha value is -3.19. The van der Waals surface area contributed by atoms with Gasteiger partial charge in [-0.2, -0.15) is 0 Å². The van der Waals surface area contributed by atoms with Gasteiger partial charge in [-0.1, -0.05) is 32.0 Å². The lowest BCUT2D eigenvalue weighted by molar-refractivity contribution is -0.140. The van der Waals surface area contributed by atoms with Crippen molar-refractivity contribution >= 4 is 17.4 Å². The number of aliphatic hydroxyl groups is 1. The number of ether oxygens (including phenoxy) is 1. The van der Waals surface area contributed by atoms with Crippen LogP contribution in [0.15, 0.2) is 42.0 Å². The summed E-state index contributed by atoms with van der Waals surface area (Å²) in [5.74, 6) is -1.65. The maximum absolute atomic E-state index is 14.9. The van der Waals surface area contributed by atoms with Crippen LogP contribution >= 0.6 is 0 Å². The van der Waals surface area contributed by atoms with Crippen molar-refractivity contribution in [2.75, 3.05) is 34.3 Å². The molecule has 1 saturated heterocycles. The van der Waals surface area contributed by atoms with Crippen LogP contribution in [0.3, 0.4) is 0 Å². The van der Waals surface area contributed by atoms with Crippen LogP contribution in [0.5, 0.6) is 5.75 Å². The summed E-state index contributed by atoms with van der Waals surface area (Å²) in [6, 6.07) is 8.59. The highest BCUT2D eigenvalue weighted by Gasteiger charge is 2.47. The van der Waals surface area contributed by atoms with E-state index in [2.05, 4.69) is 0 Å². The molecule has 0 saturated carbocycles. The first-order valence-electron chi connectivity index (χ1n) is 10.9. The van der Waals surface area contributed by atoms with Gasteiger partial charge in [0.05, 0.1) is 18.7 Å². The van der Waals surface area contributed by atoms with Crippen LogP contribution in [0.2, 0.25) is 0 Å². The van der Waals surface area contributed by atoms with E-state index < -0.39 is 23.5 Å². The molecule has 0 aromatic heterocycles. The number of halogens is 1. The third-order valence-corrected chi connectivity index (χ3v) is 5.98. The van der Waals surface area contributed by atoms with Gasteiger partial charge in [0.15, 0.2) is 0 Å². The van der Waals surface area contributed by atoms with Crippen molar-refractivity contribution in [2.24, 2.45) is 0 Å². The SMILES string of the molecule is COc1cc(C)c(/C(O)=C2\C(=O)C(=O)N(CCN(C)C)C2c2ccccc2F)cc1C(C)C. The molecule has 7 heteroatoms. The predicted octanol–water partition coefficient (Wildman–Crippen LogP) is 4.25. The zero-order chi connectivity index (χ0) is 24.4. The van der Waals surface area contributed by atoms with Crippen molar-refractivity contribution in [2.45, 2.75) is 32.7 Å². The van der Waals surface area contributed by atoms with Crippen LogP contribution in [-0.2, 0) is 9.59 Å². The molecule has 1 aliphatic rings. The molecular weight excluding hydrogens is 423 g/mol. The zero-order valence-electron chi connectivity index (χ0n) is 20.0. The van der Waals surface area contributed by atoms with E-state index in [0.717, 1.165) is 5.56 Å². The number of carbonyl (C=O) groups is 2. The Bertz CT molecular complexity index is 1110.